The molecule has 0 radical (unpaired) electrons. The van der Waals surface area contributed by atoms with E-state index in [2.05, 4.69) is 10.3 Å². The van der Waals surface area contributed by atoms with Gasteiger partial charge in [-0.25, -0.2) is 0 Å². The molecular weight excluding hydrogens is 264 g/mol. The van der Waals surface area contributed by atoms with E-state index in [0.717, 1.165) is 22.2 Å². The first kappa shape index (κ1) is 13.2. The summed E-state index contributed by atoms with van der Waals surface area (Å²) in [4.78, 5) is 15.0. The fourth-order valence-corrected chi connectivity index (χ4v) is 2.27. The first-order valence-electron chi connectivity index (χ1n) is 6.77. The second kappa shape index (κ2) is 5.32. The van der Waals surface area contributed by atoms with Crippen LogP contribution in [-0.4, -0.2) is 10.1 Å². The topological polar surface area (TPSA) is 65.1 Å². The highest BCUT2D eigenvalue weighted by molar-refractivity contribution is 5.79. The first-order valence-corrected chi connectivity index (χ1v) is 6.77. The Kier molecular flexibility index (Phi) is 3.36. The molecule has 21 heavy (non-hydrogen) atoms. The number of H-pyrrole nitrogens is 1. The quantitative estimate of drug-likeness (QED) is 0.646. The average Bonchev–Trinajstić information content (AvgIpc) is 2.47. The fraction of sp³-hybridized carbons (Fsp3) is 0.118. The number of hydrogen-bond donors (Lipinski definition) is 3. The summed E-state index contributed by atoms with van der Waals surface area (Å²) < 4.78 is 0. The van der Waals surface area contributed by atoms with E-state index < -0.39 is 0 Å². The SMILES string of the molecule is Cc1ccc2cc(CNc3ccc(O)cc3)c(=O)[nH]c2c1. The smallest absolute Gasteiger partial charge is 0.253 e. The van der Waals surface area contributed by atoms with Gasteiger partial charge in [0, 0.05) is 23.3 Å². The Morgan fingerprint density at radius 2 is 1.86 bits per heavy atom. The number of aromatic nitrogens is 1. The Bertz CT molecular complexity index is 836. The molecule has 4 nitrogen and oxygen atoms in total. The number of nitrogens with one attached hydrogen (secondary N) is 2. The van der Waals surface area contributed by atoms with Crippen molar-refractivity contribution < 1.29 is 5.11 Å². The maximum absolute atomic E-state index is 12.1. The molecule has 0 amide bonds. The lowest BCUT2D eigenvalue weighted by Crippen LogP contribution is -2.15. The summed E-state index contributed by atoms with van der Waals surface area (Å²) in [6.45, 7) is 2.43. The molecule has 0 aliphatic rings. The average molecular weight is 280 g/mol. The largest absolute Gasteiger partial charge is 0.508 e. The molecule has 3 aromatic rings. The zero-order valence-electron chi connectivity index (χ0n) is 11.7. The molecule has 0 spiro atoms. The third-order valence-corrected chi connectivity index (χ3v) is 3.43. The molecule has 3 rings (SSSR count). The highest BCUT2D eigenvalue weighted by Crippen LogP contribution is 2.16. The van der Waals surface area contributed by atoms with Gasteiger partial charge in [0.05, 0.1) is 0 Å². The molecule has 4 heteroatoms. The van der Waals surface area contributed by atoms with Crippen LogP contribution in [-0.2, 0) is 6.54 Å². The molecule has 0 saturated carbocycles. The fourth-order valence-electron chi connectivity index (χ4n) is 2.27. The van der Waals surface area contributed by atoms with Gasteiger partial charge in [0.1, 0.15) is 5.75 Å². The first-order chi connectivity index (χ1) is 10.1. The van der Waals surface area contributed by atoms with Gasteiger partial charge >= 0.3 is 0 Å². The Labute approximate surface area is 122 Å². The number of aromatic hydroxyl groups is 1. The number of rotatable bonds is 3. The van der Waals surface area contributed by atoms with Gasteiger partial charge in [-0.15, -0.1) is 0 Å². The molecule has 1 heterocycles. The standard InChI is InChI=1S/C17H16N2O2/c1-11-2-3-12-9-13(17(21)19-16(12)8-11)10-18-14-4-6-15(20)7-5-14/h2-9,18,20H,10H2,1H3,(H,19,21). The summed E-state index contributed by atoms with van der Waals surface area (Å²) in [5, 5.41) is 13.4. The van der Waals surface area contributed by atoms with Crippen LogP contribution in [0.5, 0.6) is 5.75 Å². The molecule has 2 aromatic carbocycles. The van der Waals surface area contributed by atoms with Gasteiger partial charge in [0.15, 0.2) is 0 Å². The third kappa shape index (κ3) is 2.89. The van der Waals surface area contributed by atoms with Crippen molar-refractivity contribution in [2.45, 2.75) is 13.5 Å². The molecule has 0 atom stereocenters. The van der Waals surface area contributed by atoms with Gasteiger partial charge < -0.3 is 15.4 Å². The van der Waals surface area contributed by atoms with E-state index in [0.29, 0.717) is 12.1 Å². The predicted octanol–water partition coefficient (Wildman–Crippen LogP) is 3.15. The molecule has 0 bridgehead atoms. The van der Waals surface area contributed by atoms with Crippen LogP contribution in [0.25, 0.3) is 10.9 Å². The van der Waals surface area contributed by atoms with E-state index >= 15 is 0 Å². The molecule has 0 aliphatic heterocycles. The van der Waals surface area contributed by atoms with Crippen molar-refractivity contribution in [1.29, 1.82) is 0 Å². The summed E-state index contributed by atoms with van der Waals surface area (Å²) in [6, 6.07) is 14.7. The summed E-state index contributed by atoms with van der Waals surface area (Å²) in [5.41, 5.74) is 3.43. The van der Waals surface area contributed by atoms with E-state index in [1.165, 1.54) is 0 Å². The van der Waals surface area contributed by atoms with E-state index in [1.807, 2.05) is 31.2 Å². The number of phenols is 1. The van der Waals surface area contributed by atoms with Crippen LogP contribution in [0.3, 0.4) is 0 Å². The van der Waals surface area contributed by atoms with Gasteiger partial charge in [-0.1, -0.05) is 12.1 Å². The van der Waals surface area contributed by atoms with Crippen molar-refractivity contribution in [1.82, 2.24) is 4.98 Å². The lowest BCUT2D eigenvalue weighted by Gasteiger charge is -2.07. The second-order valence-corrected chi connectivity index (χ2v) is 5.11. The highest BCUT2D eigenvalue weighted by Gasteiger charge is 2.03. The summed E-state index contributed by atoms with van der Waals surface area (Å²) in [7, 11) is 0. The van der Waals surface area contributed by atoms with Crippen LogP contribution < -0.4 is 10.9 Å². The van der Waals surface area contributed by atoms with Crippen LogP contribution in [0.15, 0.2) is 53.3 Å². The zero-order valence-corrected chi connectivity index (χ0v) is 11.7. The number of hydrogen-bond acceptors (Lipinski definition) is 3. The molecule has 0 aliphatic carbocycles. The van der Waals surface area contributed by atoms with Crippen molar-refractivity contribution in [2.24, 2.45) is 0 Å². The third-order valence-electron chi connectivity index (χ3n) is 3.43. The van der Waals surface area contributed by atoms with Gasteiger partial charge in [-0.05, 0) is 54.3 Å². The number of fused-ring (bicyclic) bond motifs is 1. The highest BCUT2D eigenvalue weighted by atomic mass is 16.3. The van der Waals surface area contributed by atoms with Gasteiger partial charge in [0.2, 0.25) is 0 Å². The molecule has 0 unspecified atom stereocenters. The molecule has 106 valence electrons. The van der Waals surface area contributed by atoms with E-state index in [1.54, 1.807) is 24.3 Å². The molecule has 3 N–H and O–H groups in total. The Hall–Kier alpha value is -2.75. The molecule has 0 fully saturated rings. The normalized spacial score (nSPS) is 10.7. The van der Waals surface area contributed by atoms with Crippen molar-refractivity contribution in [3.63, 3.8) is 0 Å². The minimum absolute atomic E-state index is 0.0839. The number of anilines is 1. The Morgan fingerprint density at radius 1 is 1.10 bits per heavy atom. The van der Waals surface area contributed by atoms with Crippen molar-refractivity contribution >= 4 is 16.6 Å². The maximum Gasteiger partial charge on any atom is 0.253 e. The van der Waals surface area contributed by atoms with Gasteiger partial charge in [0.25, 0.3) is 5.56 Å². The Balaban J connectivity index is 1.86. The minimum Gasteiger partial charge on any atom is -0.508 e. The van der Waals surface area contributed by atoms with Crippen LogP contribution in [0.4, 0.5) is 5.69 Å². The number of pyridine rings is 1. The maximum atomic E-state index is 12.1. The molecular formula is C17H16N2O2. The minimum atomic E-state index is -0.0839. The van der Waals surface area contributed by atoms with E-state index in [-0.39, 0.29) is 11.3 Å². The number of aromatic amines is 1. The summed E-state index contributed by atoms with van der Waals surface area (Å²) in [6.07, 6.45) is 0. The monoisotopic (exact) mass is 280 g/mol. The zero-order chi connectivity index (χ0) is 14.8. The second-order valence-electron chi connectivity index (χ2n) is 5.11. The molecule has 1 aromatic heterocycles. The van der Waals surface area contributed by atoms with E-state index in [4.69, 9.17) is 0 Å². The van der Waals surface area contributed by atoms with Crippen molar-refractivity contribution in [3.8, 4) is 5.75 Å². The van der Waals surface area contributed by atoms with Gasteiger partial charge in [-0.2, -0.15) is 0 Å². The predicted molar refractivity (Wildman–Crippen MR) is 84.7 cm³/mol. The van der Waals surface area contributed by atoms with Crippen molar-refractivity contribution in [2.75, 3.05) is 5.32 Å². The summed E-state index contributed by atoms with van der Waals surface area (Å²) >= 11 is 0. The lowest BCUT2D eigenvalue weighted by molar-refractivity contribution is 0.475. The lowest BCUT2D eigenvalue weighted by atomic mass is 10.1. The number of phenolic OH excluding ortho intramolecular Hbond substituents is 1. The van der Waals surface area contributed by atoms with Crippen LogP contribution in [0.1, 0.15) is 11.1 Å². The summed E-state index contributed by atoms with van der Waals surface area (Å²) in [5.74, 6) is 0.222. The van der Waals surface area contributed by atoms with Crippen LogP contribution in [0, 0.1) is 6.92 Å². The van der Waals surface area contributed by atoms with Gasteiger partial charge in [-0.3, -0.25) is 4.79 Å². The number of aryl methyl sites for hydroxylation is 1. The van der Waals surface area contributed by atoms with Crippen molar-refractivity contribution in [3.05, 3.63) is 70.0 Å². The molecule has 0 saturated heterocycles. The van der Waals surface area contributed by atoms with E-state index in [9.17, 15) is 9.90 Å². The van der Waals surface area contributed by atoms with Crippen LogP contribution in [0.2, 0.25) is 0 Å². The Morgan fingerprint density at radius 3 is 2.62 bits per heavy atom. The van der Waals surface area contributed by atoms with Crippen LogP contribution >= 0.6 is 0 Å². The number of benzene rings is 2.